The number of para-hydroxylation sites is 1. The highest BCUT2D eigenvalue weighted by atomic mass is 19.1. The van der Waals surface area contributed by atoms with Crippen LogP contribution in [-0.2, 0) is 22.7 Å². The number of amides is 2. The van der Waals surface area contributed by atoms with Crippen molar-refractivity contribution >= 4 is 11.8 Å². The summed E-state index contributed by atoms with van der Waals surface area (Å²) in [4.78, 5) is 25.4. The van der Waals surface area contributed by atoms with Gasteiger partial charge in [0.05, 0.1) is 13.7 Å². The first-order chi connectivity index (χ1) is 12.0. The summed E-state index contributed by atoms with van der Waals surface area (Å²) in [6.45, 7) is 1.89. The van der Waals surface area contributed by atoms with E-state index in [4.69, 9.17) is 4.74 Å². The Morgan fingerprint density at radius 3 is 2.44 bits per heavy atom. The number of carbonyl (C=O) groups excluding carboxylic acids is 2. The minimum atomic E-state index is -0.340. The van der Waals surface area contributed by atoms with Gasteiger partial charge in [-0.15, -0.1) is 0 Å². The van der Waals surface area contributed by atoms with E-state index in [2.05, 4.69) is 5.32 Å². The van der Waals surface area contributed by atoms with Crippen LogP contribution in [0, 0.1) is 5.82 Å². The third kappa shape index (κ3) is 5.60. The van der Waals surface area contributed by atoms with Crippen molar-refractivity contribution in [2.75, 3.05) is 13.7 Å². The highest BCUT2D eigenvalue weighted by molar-refractivity contribution is 5.83. The molecule has 0 spiro atoms. The zero-order chi connectivity index (χ0) is 18.2. The molecule has 0 saturated heterocycles. The summed E-state index contributed by atoms with van der Waals surface area (Å²) in [5.74, 6) is -0.148. The minimum absolute atomic E-state index is 0.0676. The summed E-state index contributed by atoms with van der Waals surface area (Å²) in [5.41, 5.74) is 1.61. The number of methoxy groups -OCH3 is 1. The third-order valence-electron chi connectivity index (χ3n) is 3.74. The maximum atomic E-state index is 13.0. The fourth-order valence-electron chi connectivity index (χ4n) is 2.36. The molecule has 0 aliphatic rings. The highest BCUT2D eigenvalue weighted by Crippen LogP contribution is 2.16. The smallest absolute Gasteiger partial charge is 0.239 e. The SMILES string of the molecule is COc1ccccc1CNC(=O)CN(Cc1ccc(F)cc1)C(C)=O. The summed E-state index contributed by atoms with van der Waals surface area (Å²) in [5, 5.41) is 2.78. The lowest BCUT2D eigenvalue weighted by molar-refractivity contribution is -0.135. The number of rotatable bonds is 7. The van der Waals surface area contributed by atoms with Gasteiger partial charge in [0.2, 0.25) is 11.8 Å². The van der Waals surface area contributed by atoms with E-state index in [1.165, 1.54) is 24.0 Å². The molecule has 0 bridgehead atoms. The normalized spacial score (nSPS) is 10.2. The second-order valence-electron chi connectivity index (χ2n) is 5.59. The molecule has 0 radical (unpaired) electrons. The molecule has 0 aliphatic carbocycles. The van der Waals surface area contributed by atoms with E-state index in [0.29, 0.717) is 12.3 Å². The first-order valence-corrected chi connectivity index (χ1v) is 7.88. The van der Waals surface area contributed by atoms with Gasteiger partial charge in [0.25, 0.3) is 0 Å². The van der Waals surface area contributed by atoms with Gasteiger partial charge in [-0.25, -0.2) is 4.39 Å². The van der Waals surface area contributed by atoms with Crippen LogP contribution in [0.25, 0.3) is 0 Å². The van der Waals surface area contributed by atoms with Crippen molar-refractivity contribution in [1.82, 2.24) is 10.2 Å². The number of halogens is 1. The van der Waals surface area contributed by atoms with Gasteiger partial charge in [-0.1, -0.05) is 30.3 Å². The van der Waals surface area contributed by atoms with Gasteiger partial charge in [-0.05, 0) is 23.8 Å². The average molecular weight is 344 g/mol. The maximum Gasteiger partial charge on any atom is 0.239 e. The second kappa shape index (κ2) is 8.82. The molecule has 1 N–H and O–H groups in total. The van der Waals surface area contributed by atoms with Crippen molar-refractivity contribution in [2.24, 2.45) is 0 Å². The predicted molar refractivity (Wildman–Crippen MR) is 92.3 cm³/mol. The molecule has 0 fully saturated rings. The van der Waals surface area contributed by atoms with Crippen molar-refractivity contribution in [1.29, 1.82) is 0 Å². The summed E-state index contributed by atoms with van der Waals surface area (Å²) >= 11 is 0. The number of carbonyl (C=O) groups is 2. The monoisotopic (exact) mass is 344 g/mol. The molecule has 6 heteroatoms. The average Bonchev–Trinajstić information content (AvgIpc) is 2.61. The van der Waals surface area contributed by atoms with Gasteiger partial charge in [-0.3, -0.25) is 9.59 Å². The summed E-state index contributed by atoms with van der Waals surface area (Å²) in [7, 11) is 1.57. The number of hydrogen-bond donors (Lipinski definition) is 1. The van der Waals surface area contributed by atoms with E-state index < -0.39 is 0 Å². The zero-order valence-corrected chi connectivity index (χ0v) is 14.3. The lowest BCUT2D eigenvalue weighted by Crippen LogP contribution is -2.39. The van der Waals surface area contributed by atoms with Crippen molar-refractivity contribution in [3.05, 3.63) is 65.5 Å². The van der Waals surface area contributed by atoms with Gasteiger partial charge in [0.15, 0.2) is 0 Å². The second-order valence-corrected chi connectivity index (χ2v) is 5.59. The van der Waals surface area contributed by atoms with Crippen LogP contribution in [-0.4, -0.2) is 30.4 Å². The standard InChI is InChI=1S/C19H21FN2O3/c1-14(23)22(12-15-7-9-17(20)10-8-15)13-19(24)21-11-16-5-3-4-6-18(16)25-2/h3-10H,11-13H2,1-2H3,(H,21,24). The Bertz CT molecular complexity index is 732. The molecule has 25 heavy (non-hydrogen) atoms. The molecule has 0 aromatic heterocycles. The zero-order valence-electron chi connectivity index (χ0n) is 14.3. The molecule has 0 heterocycles. The highest BCUT2D eigenvalue weighted by Gasteiger charge is 2.14. The molecular formula is C19H21FN2O3. The Hall–Kier alpha value is -2.89. The molecule has 5 nitrogen and oxygen atoms in total. The Balaban J connectivity index is 1.93. The molecule has 132 valence electrons. The van der Waals surface area contributed by atoms with Crippen LogP contribution >= 0.6 is 0 Å². The maximum absolute atomic E-state index is 13.0. The number of hydrogen-bond acceptors (Lipinski definition) is 3. The third-order valence-corrected chi connectivity index (χ3v) is 3.74. The number of nitrogens with one attached hydrogen (secondary N) is 1. The summed E-state index contributed by atoms with van der Waals surface area (Å²) < 4.78 is 18.2. The van der Waals surface area contributed by atoms with Crippen LogP contribution in [0.2, 0.25) is 0 Å². The molecule has 0 unspecified atom stereocenters. The van der Waals surface area contributed by atoms with E-state index in [9.17, 15) is 14.0 Å². The molecule has 0 atom stereocenters. The van der Waals surface area contributed by atoms with E-state index >= 15 is 0 Å². The van der Waals surface area contributed by atoms with E-state index in [1.807, 2.05) is 24.3 Å². The molecule has 2 aromatic rings. The van der Waals surface area contributed by atoms with Crippen molar-refractivity contribution in [3.63, 3.8) is 0 Å². The van der Waals surface area contributed by atoms with E-state index in [0.717, 1.165) is 11.1 Å². The Kier molecular flexibility index (Phi) is 6.51. The molecular weight excluding hydrogens is 323 g/mol. The molecule has 0 aliphatic heterocycles. The van der Waals surface area contributed by atoms with Gasteiger partial charge in [0.1, 0.15) is 11.6 Å². The van der Waals surface area contributed by atoms with E-state index in [-0.39, 0.29) is 30.7 Å². The van der Waals surface area contributed by atoms with Gasteiger partial charge in [-0.2, -0.15) is 0 Å². The van der Waals surface area contributed by atoms with Crippen molar-refractivity contribution < 1.29 is 18.7 Å². The van der Waals surface area contributed by atoms with Crippen LogP contribution in [0.3, 0.4) is 0 Å². The lowest BCUT2D eigenvalue weighted by Gasteiger charge is -2.21. The first-order valence-electron chi connectivity index (χ1n) is 7.88. The Morgan fingerprint density at radius 2 is 1.80 bits per heavy atom. The van der Waals surface area contributed by atoms with Crippen LogP contribution in [0.15, 0.2) is 48.5 Å². The van der Waals surface area contributed by atoms with Crippen LogP contribution in [0.4, 0.5) is 4.39 Å². The van der Waals surface area contributed by atoms with E-state index in [1.54, 1.807) is 19.2 Å². The predicted octanol–water partition coefficient (Wildman–Crippen LogP) is 2.50. The first kappa shape index (κ1) is 18.4. The molecule has 2 aromatic carbocycles. The quantitative estimate of drug-likeness (QED) is 0.840. The van der Waals surface area contributed by atoms with Gasteiger partial charge < -0.3 is 15.0 Å². The van der Waals surface area contributed by atoms with Crippen LogP contribution in [0.5, 0.6) is 5.75 Å². The Labute approximate surface area is 146 Å². The van der Waals surface area contributed by atoms with Crippen LogP contribution < -0.4 is 10.1 Å². The van der Waals surface area contributed by atoms with Crippen molar-refractivity contribution in [2.45, 2.75) is 20.0 Å². The largest absolute Gasteiger partial charge is 0.496 e. The van der Waals surface area contributed by atoms with Crippen LogP contribution in [0.1, 0.15) is 18.1 Å². The number of nitrogens with zero attached hydrogens (tertiary/aromatic N) is 1. The summed E-state index contributed by atoms with van der Waals surface area (Å²) in [6, 6.07) is 13.2. The molecule has 2 rings (SSSR count). The topological polar surface area (TPSA) is 58.6 Å². The van der Waals surface area contributed by atoms with Gasteiger partial charge in [0, 0.05) is 25.6 Å². The summed E-state index contributed by atoms with van der Waals surface area (Å²) in [6.07, 6.45) is 0. The minimum Gasteiger partial charge on any atom is -0.496 e. The molecule has 0 saturated carbocycles. The molecule has 2 amide bonds. The lowest BCUT2D eigenvalue weighted by atomic mass is 10.2. The van der Waals surface area contributed by atoms with Gasteiger partial charge >= 0.3 is 0 Å². The number of benzene rings is 2. The Morgan fingerprint density at radius 1 is 1.12 bits per heavy atom. The number of ether oxygens (including phenoxy) is 1. The van der Waals surface area contributed by atoms with Crippen molar-refractivity contribution in [3.8, 4) is 5.75 Å². The fourth-order valence-corrected chi connectivity index (χ4v) is 2.36. The fraction of sp³-hybridized carbons (Fsp3) is 0.263.